The molecule has 4 heteroatoms. The van der Waals surface area contributed by atoms with Crippen LogP contribution in [-0.4, -0.2) is 36.2 Å². The van der Waals surface area contributed by atoms with Crippen molar-refractivity contribution in [3.05, 3.63) is 59.9 Å². The minimum Gasteiger partial charge on any atom is -0.508 e. The summed E-state index contributed by atoms with van der Waals surface area (Å²) in [6.45, 7) is 6.75. The first-order valence-electron chi connectivity index (χ1n) is 8.52. The van der Waals surface area contributed by atoms with Crippen LogP contribution in [0.2, 0.25) is 0 Å². The maximum absolute atomic E-state index is 9.61. The summed E-state index contributed by atoms with van der Waals surface area (Å²) in [5.74, 6) is 0.128. The third-order valence-electron chi connectivity index (χ3n) is 3.98. The van der Waals surface area contributed by atoms with Gasteiger partial charge in [-0.2, -0.15) is 0 Å². The molecular formula is C20H30N2O2. The monoisotopic (exact) mass is 330 g/mol. The van der Waals surface area contributed by atoms with Gasteiger partial charge in [-0.1, -0.05) is 36.5 Å². The number of nitrogens with one attached hydrogen (secondary N) is 1. The highest BCUT2D eigenvalue weighted by Crippen LogP contribution is 2.16. The molecule has 0 saturated heterocycles. The van der Waals surface area contributed by atoms with Crippen LogP contribution in [0.25, 0.3) is 0 Å². The SMILES string of the molecule is C=C/C(O)=C\C(=C/C)CN(CCCCC1=CCCC=C1)C(=N)OC. The molecule has 0 heterocycles. The highest BCUT2D eigenvalue weighted by atomic mass is 16.5. The standard InChI is InChI=1S/C20H30N2O2/c1-4-17(15-19(23)5-2)16-22(20(21)24-3)14-10-9-13-18-11-7-6-8-12-18/h4-5,7,11-12,15,21,23H,2,6,8-10,13-14,16H2,1,3H3/b17-4+,19-15+,21-20?. The van der Waals surface area contributed by atoms with E-state index >= 15 is 0 Å². The van der Waals surface area contributed by atoms with Gasteiger partial charge < -0.3 is 14.7 Å². The first-order chi connectivity index (χ1) is 11.6. The van der Waals surface area contributed by atoms with Gasteiger partial charge in [-0.3, -0.25) is 5.41 Å². The molecule has 0 fully saturated rings. The summed E-state index contributed by atoms with van der Waals surface area (Å²) < 4.78 is 5.09. The number of aliphatic hydroxyl groups excluding tert-OH is 1. The first kappa shape index (κ1) is 19.8. The fraction of sp³-hybridized carbons (Fsp3) is 0.450. The third kappa shape index (κ3) is 7.36. The van der Waals surface area contributed by atoms with Crippen LogP contribution >= 0.6 is 0 Å². The number of aliphatic hydroxyl groups is 1. The second-order valence-electron chi connectivity index (χ2n) is 5.78. The molecule has 0 aromatic rings. The van der Waals surface area contributed by atoms with Crippen LogP contribution in [-0.2, 0) is 4.74 Å². The van der Waals surface area contributed by atoms with Crippen LogP contribution in [0.4, 0.5) is 0 Å². The van der Waals surface area contributed by atoms with Crippen molar-refractivity contribution in [1.29, 1.82) is 5.41 Å². The van der Waals surface area contributed by atoms with Crippen LogP contribution in [0, 0.1) is 5.41 Å². The van der Waals surface area contributed by atoms with E-state index in [1.165, 1.54) is 18.8 Å². The first-order valence-corrected chi connectivity index (χ1v) is 8.52. The second-order valence-corrected chi connectivity index (χ2v) is 5.78. The van der Waals surface area contributed by atoms with Gasteiger partial charge in [-0.25, -0.2) is 0 Å². The second kappa shape index (κ2) is 11.3. The Balaban J connectivity index is 2.52. The smallest absolute Gasteiger partial charge is 0.284 e. The lowest BCUT2D eigenvalue weighted by Gasteiger charge is -2.24. The van der Waals surface area contributed by atoms with Gasteiger partial charge in [0, 0.05) is 13.1 Å². The molecule has 0 aromatic carbocycles. The predicted octanol–water partition coefficient (Wildman–Crippen LogP) is 4.89. The lowest BCUT2D eigenvalue weighted by atomic mass is 10.0. The molecule has 1 aliphatic carbocycles. The molecule has 1 aliphatic rings. The van der Waals surface area contributed by atoms with Crippen molar-refractivity contribution in [1.82, 2.24) is 4.90 Å². The Morgan fingerprint density at radius 3 is 2.79 bits per heavy atom. The molecule has 2 N–H and O–H groups in total. The molecule has 0 amide bonds. The Labute approximate surface area is 146 Å². The van der Waals surface area contributed by atoms with Crippen molar-refractivity contribution in [2.24, 2.45) is 0 Å². The van der Waals surface area contributed by atoms with Crippen LogP contribution in [0.5, 0.6) is 0 Å². The van der Waals surface area contributed by atoms with Crippen molar-refractivity contribution in [3.63, 3.8) is 0 Å². The van der Waals surface area contributed by atoms with E-state index in [4.69, 9.17) is 10.1 Å². The van der Waals surface area contributed by atoms with Gasteiger partial charge in [0.05, 0.1) is 7.11 Å². The number of ether oxygens (including phenoxy) is 1. The van der Waals surface area contributed by atoms with Crippen LogP contribution in [0.1, 0.15) is 39.0 Å². The molecule has 0 aromatic heterocycles. The molecule has 1 rings (SSSR count). The van der Waals surface area contributed by atoms with Gasteiger partial charge in [-0.15, -0.1) is 0 Å². The molecule has 0 spiro atoms. The average molecular weight is 330 g/mol. The lowest BCUT2D eigenvalue weighted by Crippen LogP contribution is -2.34. The molecule has 0 atom stereocenters. The van der Waals surface area contributed by atoms with E-state index in [1.807, 2.05) is 17.9 Å². The van der Waals surface area contributed by atoms with Gasteiger partial charge in [0.1, 0.15) is 5.76 Å². The minimum atomic E-state index is 0.128. The molecule has 132 valence electrons. The molecule has 0 radical (unpaired) electrons. The van der Waals surface area contributed by atoms with Crippen molar-refractivity contribution in [2.75, 3.05) is 20.2 Å². The van der Waals surface area contributed by atoms with E-state index in [0.717, 1.165) is 44.2 Å². The highest BCUT2D eigenvalue weighted by Gasteiger charge is 2.11. The number of unbranched alkanes of at least 4 members (excludes halogenated alkanes) is 1. The predicted molar refractivity (Wildman–Crippen MR) is 101 cm³/mol. The number of hydrogen-bond donors (Lipinski definition) is 2. The number of nitrogens with zero attached hydrogens (tertiary/aromatic N) is 1. The topological polar surface area (TPSA) is 56.5 Å². The molecule has 4 nitrogen and oxygen atoms in total. The quantitative estimate of drug-likeness (QED) is 0.208. The largest absolute Gasteiger partial charge is 0.508 e. The molecule has 0 saturated carbocycles. The van der Waals surface area contributed by atoms with E-state index in [-0.39, 0.29) is 11.8 Å². The maximum atomic E-state index is 9.61. The minimum absolute atomic E-state index is 0.128. The Kier molecular flexibility index (Phi) is 9.35. The van der Waals surface area contributed by atoms with E-state index in [1.54, 1.807) is 6.08 Å². The average Bonchev–Trinajstić information content (AvgIpc) is 2.63. The molecular weight excluding hydrogens is 300 g/mol. The Morgan fingerprint density at radius 2 is 2.21 bits per heavy atom. The highest BCUT2D eigenvalue weighted by molar-refractivity contribution is 5.70. The van der Waals surface area contributed by atoms with Gasteiger partial charge in [0.15, 0.2) is 0 Å². The van der Waals surface area contributed by atoms with E-state index in [9.17, 15) is 5.11 Å². The summed E-state index contributed by atoms with van der Waals surface area (Å²) in [4.78, 5) is 1.88. The third-order valence-corrected chi connectivity index (χ3v) is 3.98. The maximum Gasteiger partial charge on any atom is 0.284 e. The van der Waals surface area contributed by atoms with Crippen LogP contribution in [0.3, 0.4) is 0 Å². The summed E-state index contributed by atoms with van der Waals surface area (Å²) in [5, 5.41) is 17.6. The summed E-state index contributed by atoms with van der Waals surface area (Å²) in [7, 11) is 1.51. The zero-order chi connectivity index (χ0) is 17.8. The number of rotatable bonds is 9. The summed E-state index contributed by atoms with van der Waals surface area (Å²) in [6.07, 6.45) is 17.2. The van der Waals surface area contributed by atoms with Crippen molar-refractivity contribution < 1.29 is 9.84 Å². The normalized spacial score (nSPS) is 15.0. The summed E-state index contributed by atoms with van der Waals surface area (Å²) >= 11 is 0. The van der Waals surface area contributed by atoms with Crippen molar-refractivity contribution in [3.8, 4) is 0 Å². The Morgan fingerprint density at radius 1 is 1.42 bits per heavy atom. The van der Waals surface area contributed by atoms with E-state index in [0.29, 0.717) is 6.54 Å². The van der Waals surface area contributed by atoms with Crippen LogP contribution in [0.15, 0.2) is 59.9 Å². The van der Waals surface area contributed by atoms with Gasteiger partial charge in [0.25, 0.3) is 6.02 Å². The summed E-state index contributed by atoms with van der Waals surface area (Å²) in [5.41, 5.74) is 2.34. The fourth-order valence-corrected chi connectivity index (χ4v) is 2.56. The van der Waals surface area contributed by atoms with Gasteiger partial charge in [-0.05, 0) is 56.8 Å². The Bertz CT molecular complexity index is 542. The molecule has 0 aliphatic heterocycles. The molecule has 0 unspecified atom stereocenters. The fourth-order valence-electron chi connectivity index (χ4n) is 2.56. The number of allylic oxidation sites excluding steroid dienone is 6. The summed E-state index contributed by atoms with van der Waals surface area (Å²) in [6, 6.07) is 0.151. The number of methoxy groups -OCH3 is 1. The number of hydrogen-bond acceptors (Lipinski definition) is 3. The van der Waals surface area contributed by atoms with Crippen LogP contribution < -0.4 is 0 Å². The lowest BCUT2D eigenvalue weighted by molar-refractivity contribution is 0.285. The zero-order valence-electron chi connectivity index (χ0n) is 14.9. The van der Waals surface area contributed by atoms with E-state index in [2.05, 4.69) is 24.8 Å². The number of amidine groups is 1. The molecule has 24 heavy (non-hydrogen) atoms. The van der Waals surface area contributed by atoms with Crippen molar-refractivity contribution in [2.45, 2.75) is 39.0 Å². The van der Waals surface area contributed by atoms with Gasteiger partial charge >= 0.3 is 0 Å². The zero-order valence-corrected chi connectivity index (χ0v) is 14.9. The van der Waals surface area contributed by atoms with Gasteiger partial charge in [0.2, 0.25) is 0 Å². The Hall–Kier alpha value is -2.23. The van der Waals surface area contributed by atoms with E-state index < -0.39 is 0 Å². The van der Waals surface area contributed by atoms with Crippen molar-refractivity contribution >= 4 is 6.02 Å². The molecule has 0 bridgehead atoms.